The van der Waals surface area contributed by atoms with Crippen LogP contribution in [0.25, 0.3) is 0 Å². The van der Waals surface area contributed by atoms with Crippen LogP contribution in [0.15, 0.2) is 24.3 Å². The number of amides is 2. The summed E-state index contributed by atoms with van der Waals surface area (Å²) in [6.07, 6.45) is 4.33. The molecular formula is C22H34ClN3O3. The molecule has 29 heavy (non-hydrogen) atoms. The summed E-state index contributed by atoms with van der Waals surface area (Å²) < 4.78 is 5.70. The standard InChI is InChI=1S/C22H33N3O3.ClH/c1-16-5-4-6-17(2)25(16)21(26)15-28-20-9-7-19(8-10-20)22(27)24-12-11-18(14-24)13-23-3;/h7-10,16-18,23H,4-6,11-15H2,1-3H3;1H. The van der Waals surface area contributed by atoms with Gasteiger partial charge < -0.3 is 19.9 Å². The van der Waals surface area contributed by atoms with Gasteiger partial charge in [0, 0.05) is 30.7 Å². The molecule has 2 aliphatic rings. The van der Waals surface area contributed by atoms with Gasteiger partial charge in [0.25, 0.3) is 11.8 Å². The fraction of sp³-hybridized carbons (Fsp3) is 0.636. The first-order chi connectivity index (χ1) is 13.5. The number of benzene rings is 1. The van der Waals surface area contributed by atoms with Gasteiger partial charge in [-0.3, -0.25) is 9.59 Å². The Hall–Kier alpha value is -1.79. The maximum atomic E-state index is 12.7. The second-order valence-electron chi connectivity index (χ2n) is 8.21. The van der Waals surface area contributed by atoms with Crippen molar-refractivity contribution >= 4 is 24.2 Å². The molecule has 2 amide bonds. The highest BCUT2D eigenvalue weighted by molar-refractivity contribution is 5.94. The smallest absolute Gasteiger partial charge is 0.260 e. The predicted octanol–water partition coefficient (Wildman–Crippen LogP) is 2.96. The number of hydrogen-bond acceptors (Lipinski definition) is 4. The first-order valence-electron chi connectivity index (χ1n) is 10.5. The molecule has 1 N–H and O–H groups in total. The van der Waals surface area contributed by atoms with Crippen LogP contribution in [0.5, 0.6) is 5.75 Å². The molecule has 0 bridgehead atoms. The molecule has 0 aliphatic carbocycles. The maximum Gasteiger partial charge on any atom is 0.260 e. The summed E-state index contributed by atoms with van der Waals surface area (Å²) in [5.74, 6) is 1.25. The lowest BCUT2D eigenvalue weighted by molar-refractivity contribution is -0.139. The fourth-order valence-electron chi connectivity index (χ4n) is 4.48. The first kappa shape index (κ1) is 23.5. The van der Waals surface area contributed by atoms with Gasteiger partial charge in [0.05, 0.1) is 0 Å². The largest absolute Gasteiger partial charge is 0.484 e. The van der Waals surface area contributed by atoms with Gasteiger partial charge in [0.1, 0.15) is 5.75 Å². The number of rotatable bonds is 6. The minimum atomic E-state index is 0. The van der Waals surface area contributed by atoms with Crippen molar-refractivity contribution in [2.24, 2.45) is 5.92 Å². The summed E-state index contributed by atoms with van der Waals surface area (Å²) in [6, 6.07) is 7.69. The third-order valence-corrected chi connectivity index (χ3v) is 6.01. The SMILES string of the molecule is CNCC1CCN(C(=O)c2ccc(OCC(=O)N3C(C)CCCC3C)cc2)C1.Cl. The molecule has 6 nitrogen and oxygen atoms in total. The Morgan fingerprint density at radius 2 is 1.76 bits per heavy atom. The second kappa shape index (κ2) is 10.8. The molecule has 162 valence electrons. The van der Waals surface area contributed by atoms with Crippen molar-refractivity contribution in [3.8, 4) is 5.75 Å². The van der Waals surface area contributed by atoms with Gasteiger partial charge in [-0.2, -0.15) is 0 Å². The number of ether oxygens (including phenoxy) is 1. The number of halogens is 1. The lowest BCUT2D eigenvalue weighted by Crippen LogP contribution is -2.49. The van der Waals surface area contributed by atoms with Gasteiger partial charge >= 0.3 is 0 Å². The summed E-state index contributed by atoms with van der Waals surface area (Å²) in [5.41, 5.74) is 0.669. The Labute approximate surface area is 180 Å². The topological polar surface area (TPSA) is 61.9 Å². The summed E-state index contributed by atoms with van der Waals surface area (Å²) >= 11 is 0. The summed E-state index contributed by atoms with van der Waals surface area (Å²) in [7, 11) is 1.94. The molecule has 1 aromatic carbocycles. The molecule has 0 aromatic heterocycles. The van der Waals surface area contributed by atoms with Crippen LogP contribution in [0.1, 0.15) is 49.9 Å². The van der Waals surface area contributed by atoms with Crippen LogP contribution < -0.4 is 10.1 Å². The van der Waals surface area contributed by atoms with Crippen molar-refractivity contribution in [3.63, 3.8) is 0 Å². The zero-order chi connectivity index (χ0) is 20.1. The van der Waals surface area contributed by atoms with Crippen molar-refractivity contribution < 1.29 is 14.3 Å². The lowest BCUT2D eigenvalue weighted by atomic mass is 9.97. The molecule has 7 heteroatoms. The Morgan fingerprint density at radius 3 is 2.38 bits per heavy atom. The lowest BCUT2D eigenvalue weighted by Gasteiger charge is -2.38. The minimum Gasteiger partial charge on any atom is -0.484 e. The number of piperidine rings is 1. The van der Waals surface area contributed by atoms with Crippen molar-refractivity contribution in [2.75, 3.05) is 33.3 Å². The van der Waals surface area contributed by atoms with E-state index >= 15 is 0 Å². The summed E-state index contributed by atoms with van der Waals surface area (Å²) in [5, 5.41) is 3.18. The third-order valence-electron chi connectivity index (χ3n) is 6.01. The van der Waals surface area contributed by atoms with Gasteiger partial charge in [-0.1, -0.05) is 0 Å². The van der Waals surface area contributed by atoms with Crippen molar-refractivity contribution in [3.05, 3.63) is 29.8 Å². The zero-order valence-corrected chi connectivity index (χ0v) is 18.5. The van der Waals surface area contributed by atoms with E-state index in [0.717, 1.165) is 38.9 Å². The molecule has 1 aromatic rings. The van der Waals surface area contributed by atoms with E-state index in [9.17, 15) is 9.59 Å². The Kier molecular flexibility index (Phi) is 8.78. The molecule has 2 fully saturated rings. The van der Waals surface area contributed by atoms with E-state index < -0.39 is 0 Å². The Bertz CT molecular complexity index is 672. The Balaban J connectivity index is 0.00000300. The number of hydrogen-bond donors (Lipinski definition) is 1. The molecule has 3 atom stereocenters. The van der Waals surface area contributed by atoms with Gasteiger partial charge in [-0.25, -0.2) is 0 Å². The van der Waals surface area contributed by atoms with Gasteiger partial charge in [0.15, 0.2) is 6.61 Å². The highest BCUT2D eigenvalue weighted by Gasteiger charge is 2.29. The molecular weight excluding hydrogens is 390 g/mol. The Morgan fingerprint density at radius 1 is 1.10 bits per heavy atom. The van der Waals surface area contributed by atoms with Crippen LogP contribution in [0.2, 0.25) is 0 Å². The maximum absolute atomic E-state index is 12.7. The second-order valence-corrected chi connectivity index (χ2v) is 8.21. The highest BCUT2D eigenvalue weighted by Crippen LogP contribution is 2.23. The first-order valence-corrected chi connectivity index (χ1v) is 10.5. The molecule has 0 saturated carbocycles. The van der Waals surface area contributed by atoms with E-state index in [1.807, 2.05) is 16.8 Å². The molecule has 2 saturated heterocycles. The van der Waals surface area contributed by atoms with E-state index in [2.05, 4.69) is 19.2 Å². The number of carbonyl (C=O) groups excluding carboxylic acids is 2. The average molecular weight is 424 g/mol. The van der Waals surface area contributed by atoms with Crippen LogP contribution >= 0.6 is 12.4 Å². The van der Waals surface area contributed by atoms with Crippen LogP contribution in [-0.4, -0.2) is 67.0 Å². The summed E-state index contributed by atoms with van der Waals surface area (Å²) in [4.78, 5) is 29.1. The quantitative estimate of drug-likeness (QED) is 0.764. The summed E-state index contributed by atoms with van der Waals surface area (Å²) in [6.45, 7) is 6.81. The highest BCUT2D eigenvalue weighted by atomic mass is 35.5. The molecule has 2 aliphatic heterocycles. The molecule has 2 heterocycles. The monoisotopic (exact) mass is 423 g/mol. The van der Waals surface area contributed by atoms with E-state index in [1.165, 1.54) is 6.42 Å². The number of likely N-dealkylation sites (tertiary alicyclic amines) is 2. The minimum absolute atomic E-state index is 0. The molecule has 3 unspecified atom stereocenters. The number of nitrogens with one attached hydrogen (secondary N) is 1. The van der Waals surface area contributed by atoms with E-state index in [0.29, 0.717) is 17.2 Å². The molecule has 0 spiro atoms. The average Bonchev–Trinajstić information content (AvgIpc) is 3.15. The normalized spacial score (nSPS) is 24.2. The zero-order valence-electron chi connectivity index (χ0n) is 17.7. The van der Waals surface area contributed by atoms with Crippen LogP contribution in [0.3, 0.4) is 0 Å². The van der Waals surface area contributed by atoms with Crippen LogP contribution in [0.4, 0.5) is 0 Å². The van der Waals surface area contributed by atoms with Crippen molar-refractivity contribution in [1.82, 2.24) is 15.1 Å². The van der Waals surface area contributed by atoms with Crippen LogP contribution in [-0.2, 0) is 4.79 Å². The van der Waals surface area contributed by atoms with Crippen molar-refractivity contribution in [2.45, 2.75) is 51.6 Å². The van der Waals surface area contributed by atoms with Gasteiger partial charge in [-0.15, -0.1) is 12.4 Å². The fourth-order valence-corrected chi connectivity index (χ4v) is 4.48. The van der Waals surface area contributed by atoms with Crippen molar-refractivity contribution in [1.29, 1.82) is 0 Å². The van der Waals surface area contributed by atoms with Gasteiger partial charge in [0.2, 0.25) is 0 Å². The van der Waals surface area contributed by atoms with Gasteiger partial charge in [-0.05, 0) is 83.3 Å². The molecule has 0 radical (unpaired) electrons. The predicted molar refractivity (Wildman–Crippen MR) is 117 cm³/mol. The van der Waals surface area contributed by atoms with E-state index in [1.54, 1.807) is 24.3 Å². The number of nitrogens with zero attached hydrogens (tertiary/aromatic N) is 2. The van der Waals surface area contributed by atoms with E-state index in [-0.39, 0.29) is 42.9 Å². The molecule has 3 rings (SSSR count). The van der Waals surface area contributed by atoms with E-state index in [4.69, 9.17) is 4.74 Å². The number of carbonyl (C=O) groups is 2. The van der Waals surface area contributed by atoms with Crippen LogP contribution in [0, 0.1) is 5.92 Å². The third kappa shape index (κ3) is 5.86.